The van der Waals surface area contributed by atoms with Gasteiger partial charge < -0.3 is 0 Å². The van der Waals surface area contributed by atoms with E-state index in [9.17, 15) is 4.79 Å². The molecule has 3 nitrogen and oxygen atoms in total. The molecule has 3 heteroatoms. The SMILES string of the molecule is N#CC(C#N)=C1C(=O)Cc2ccccc21. The molecule has 15 heavy (non-hydrogen) atoms. The van der Waals surface area contributed by atoms with E-state index >= 15 is 0 Å². The molecule has 0 aromatic heterocycles. The van der Waals surface area contributed by atoms with Gasteiger partial charge in [-0.2, -0.15) is 10.5 Å². The zero-order valence-electron chi connectivity index (χ0n) is 7.82. The van der Waals surface area contributed by atoms with Crippen LogP contribution in [0.2, 0.25) is 0 Å². The standard InChI is InChI=1S/C12H6N2O/c13-6-9(7-14)12-10-4-2-1-3-8(10)5-11(12)15/h1-4H,5H2. The summed E-state index contributed by atoms with van der Waals surface area (Å²) in [5.74, 6) is -0.144. The van der Waals surface area contributed by atoms with Gasteiger partial charge in [0.1, 0.15) is 17.7 Å². The van der Waals surface area contributed by atoms with E-state index in [-0.39, 0.29) is 16.9 Å². The van der Waals surface area contributed by atoms with Crippen molar-refractivity contribution < 1.29 is 4.79 Å². The lowest BCUT2D eigenvalue weighted by atomic mass is 10.0. The summed E-state index contributed by atoms with van der Waals surface area (Å²) < 4.78 is 0. The molecule has 0 aliphatic heterocycles. The third kappa shape index (κ3) is 1.31. The summed E-state index contributed by atoms with van der Waals surface area (Å²) in [6.45, 7) is 0. The third-order valence-corrected chi connectivity index (χ3v) is 2.39. The molecule has 1 aliphatic rings. The molecule has 0 N–H and O–H groups in total. The molecule has 1 aromatic rings. The minimum absolute atomic E-state index is 0.0926. The summed E-state index contributed by atoms with van der Waals surface area (Å²) in [6, 6.07) is 10.8. The molecule has 70 valence electrons. The second kappa shape index (κ2) is 3.40. The molecule has 0 atom stereocenters. The average molecular weight is 194 g/mol. The molecule has 0 spiro atoms. The second-order valence-corrected chi connectivity index (χ2v) is 3.23. The van der Waals surface area contributed by atoms with Crippen LogP contribution in [-0.2, 0) is 11.2 Å². The molecule has 1 aliphatic carbocycles. The van der Waals surface area contributed by atoms with Crippen LogP contribution < -0.4 is 0 Å². The maximum atomic E-state index is 11.6. The Kier molecular flexibility index (Phi) is 2.08. The first kappa shape index (κ1) is 9.18. The van der Waals surface area contributed by atoms with Crippen molar-refractivity contribution in [3.63, 3.8) is 0 Å². The molecule has 1 aromatic carbocycles. The Morgan fingerprint density at radius 1 is 1.20 bits per heavy atom. The number of Topliss-reactive ketones (excluding diaryl/α,β-unsaturated/α-hetero) is 1. The Morgan fingerprint density at radius 3 is 2.53 bits per heavy atom. The van der Waals surface area contributed by atoms with Crippen LogP contribution in [-0.4, -0.2) is 5.78 Å². The number of carbonyl (C=O) groups is 1. The molecular weight excluding hydrogens is 188 g/mol. The number of nitriles is 2. The van der Waals surface area contributed by atoms with Gasteiger partial charge in [-0.05, 0) is 11.1 Å². The predicted molar refractivity (Wildman–Crippen MR) is 53.3 cm³/mol. The van der Waals surface area contributed by atoms with E-state index in [2.05, 4.69) is 0 Å². The largest absolute Gasteiger partial charge is 0.294 e. The molecule has 0 bridgehead atoms. The van der Waals surface area contributed by atoms with E-state index in [4.69, 9.17) is 10.5 Å². The lowest BCUT2D eigenvalue weighted by molar-refractivity contribution is -0.112. The van der Waals surface area contributed by atoms with Gasteiger partial charge in [0.2, 0.25) is 0 Å². The molecule has 0 fully saturated rings. The van der Waals surface area contributed by atoms with Crippen LogP contribution in [0.1, 0.15) is 11.1 Å². The predicted octanol–water partition coefficient (Wildman–Crippen LogP) is 1.61. The first-order valence-electron chi connectivity index (χ1n) is 4.44. The number of allylic oxidation sites excluding steroid dienone is 2. The monoisotopic (exact) mass is 194 g/mol. The number of nitrogens with zero attached hydrogens (tertiary/aromatic N) is 2. The van der Waals surface area contributed by atoms with Gasteiger partial charge in [0.15, 0.2) is 5.78 Å². The van der Waals surface area contributed by atoms with E-state index in [1.54, 1.807) is 24.3 Å². The van der Waals surface area contributed by atoms with Crippen LogP contribution in [0.4, 0.5) is 0 Å². The fourth-order valence-corrected chi connectivity index (χ4v) is 1.74. The summed E-state index contributed by atoms with van der Waals surface area (Å²) in [7, 11) is 0. The molecule has 0 unspecified atom stereocenters. The Bertz CT molecular complexity index is 540. The fourth-order valence-electron chi connectivity index (χ4n) is 1.74. The van der Waals surface area contributed by atoms with E-state index in [1.807, 2.05) is 12.1 Å². The zero-order chi connectivity index (χ0) is 10.8. The number of benzene rings is 1. The Hall–Kier alpha value is -2.39. The summed E-state index contributed by atoms with van der Waals surface area (Å²) >= 11 is 0. The van der Waals surface area contributed by atoms with Gasteiger partial charge in [-0.3, -0.25) is 4.79 Å². The van der Waals surface area contributed by atoms with Crippen molar-refractivity contribution in [2.24, 2.45) is 0 Å². The number of fused-ring (bicyclic) bond motifs is 1. The molecule has 0 radical (unpaired) electrons. The van der Waals surface area contributed by atoms with Gasteiger partial charge in [-0.1, -0.05) is 24.3 Å². The highest BCUT2D eigenvalue weighted by Crippen LogP contribution is 2.31. The highest BCUT2D eigenvalue weighted by Gasteiger charge is 2.27. The highest BCUT2D eigenvalue weighted by molar-refractivity contribution is 6.27. The van der Waals surface area contributed by atoms with Crippen molar-refractivity contribution in [2.45, 2.75) is 6.42 Å². The van der Waals surface area contributed by atoms with Crippen LogP contribution in [0.3, 0.4) is 0 Å². The Morgan fingerprint density at radius 2 is 1.87 bits per heavy atom. The van der Waals surface area contributed by atoms with Gasteiger partial charge in [-0.15, -0.1) is 0 Å². The summed E-state index contributed by atoms with van der Waals surface area (Å²) in [4.78, 5) is 11.6. The molecular formula is C12H6N2O. The van der Waals surface area contributed by atoms with Gasteiger partial charge in [0.25, 0.3) is 0 Å². The average Bonchev–Trinajstić information content (AvgIpc) is 2.58. The summed E-state index contributed by atoms with van der Waals surface area (Å²) in [5.41, 5.74) is 1.79. The van der Waals surface area contributed by atoms with Crippen molar-refractivity contribution in [1.82, 2.24) is 0 Å². The van der Waals surface area contributed by atoms with Gasteiger partial charge in [0.05, 0.1) is 5.57 Å². The zero-order valence-corrected chi connectivity index (χ0v) is 7.82. The van der Waals surface area contributed by atoms with Crippen LogP contribution in [0.5, 0.6) is 0 Å². The van der Waals surface area contributed by atoms with Crippen molar-refractivity contribution in [1.29, 1.82) is 10.5 Å². The van der Waals surface area contributed by atoms with E-state index in [0.717, 1.165) is 11.1 Å². The van der Waals surface area contributed by atoms with Crippen LogP contribution >= 0.6 is 0 Å². The number of hydrogen-bond acceptors (Lipinski definition) is 3. The first-order valence-corrected chi connectivity index (χ1v) is 4.44. The van der Waals surface area contributed by atoms with E-state index in [1.165, 1.54) is 0 Å². The summed E-state index contributed by atoms with van der Waals surface area (Å²) in [5, 5.41) is 17.5. The lowest BCUT2D eigenvalue weighted by Gasteiger charge is -1.97. The normalized spacial score (nSPS) is 12.9. The maximum absolute atomic E-state index is 11.6. The number of carbonyl (C=O) groups excluding carboxylic acids is 1. The number of ketones is 1. The van der Waals surface area contributed by atoms with Crippen molar-refractivity contribution >= 4 is 11.4 Å². The van der Waals surface area contributed by atoms with E-state index in [0.29, 0.717) is 6.42 Å². The van der Waals surface area contributed by atoms with E-state index < -0.39 is 0 Å². The minimum atomic E-state index is -0.144. The minimum Gasteiger partial charge on any atom is -0.294 e. The van der Waals surface area contributed by atoms with Gasteiger partial charge >= 0.3 is 0 Å². The second-order valence-electron chi connectivity index (χ2n) is 3.23. The molecule has 0 amide bonds. The number of rotatable bonds is 0. The van der Waals surface area contributed by atoms with Gasteiger partial charge in [0, 0.05) is 6.42 Å². The lowest BCUT2D eigenvalue weighted by Crippen LogP contribution is -1.96. The van der Waals surface area contributed by atoms with Crippen LogP contribution in [0.15, 0.2) is 29.8 Å². The van der Waals surface area contributed by atoms with Crippen LogP contribution in [0.25, 0.3) is 5.57 Å². The molecule has 0 saturated heterocycles. The Labute approximate surface area is 86.9 Å². The summed E-state index contributed by atoms with van der Waals surface area (Å²) in [6.07, 6.45) is 0.290. The fraction of sp³-hybridized carbons (Fsp3) is 0.0833. The number of hydrogen-bond donors (Lipinski definition) is 0. The first-order chi connectivity index (χ1) is 7.27. The quantitative estimate of drug-likeness (QED) is 0.465. The smallest absolute Gasteiger partial charge is 0.169 e. The third-order valence-electron chi connectivity index (χ3n) is 2.39. The molecule has 0 heterocycles. The molecule has 0 saturated carbocycles. The van der Waals surface area contributed by atoms with Crippen LogP contribution in [0, 0.1) is 22.7 Å². The van der Waals surface area contributed by atoms with Crippen molar-refractivity contribution in [3.8, 4) is 12.1 Å². The van der Waals surface area contributed by atoms with Crippen molar-refractivity contribution in [2.75, 3.05) is 0 Å². The Balaban J connectivity index is 2.73. The topological polar surface area (TPSA) is 64.7 Å². The van der Waals surface area contributed by atoms with Crippen molar-refractivity contribution in [3.05, 3.63) is 41.0 Å². The maximum Gasteiger partial charge on any atom is 0.169 e. The molecule has 2 rings (SSSR count). The highest BCUT2D eigenvalue weighted by atomic mass is 16.1. The van der Waals surface area contributed by atoms with Gasteiger partial charge in [-0.25, -0.2) is 0 Å².